The Hall–Kier alpha value is -1.17. The molecule has 0 radical (unpaired) electrons. The van der Waals surface area contributed by atoms with Gasteiger partial charge in [-0.1, -0.05) is 76.3 Å². The van der Waals surface area contributed by atoms with E-state index in [0.717, 1.165) is 42.1 Å². The third-order valence-corrected chi connectivity index (χ3v) is 13.2. The van der Waals surface area contributed by atoms with Crippen molar-refractivity contribution in [3.05, 3.63) is 41.5 Å². The Morgan fingerprint density at radius 1 is 1.00 bits per heavy atom. The van der Waals surface area contributed by atoms with Gasteiger partial charge >= 0.3 is 0 Å². The summed E-state index contributed by atoms with van der Waals surface area (Å²) in [5.74, 6) is 4.29. The summed E-state index contributed by atoms with van der Waals surface area (Å²) < 4.78 is 31.8. The van der Waals surface area contributed by atoms with E-state index in [2.05, 4.69) is 33.8 Å². The van der Waals surface area contributed by atoms with Crippen LogP contribution in [-0.2, 0) is 14.3 Å². The molecule has 39 heavy (non-hydrogen) atoms. The molecule has 3 fully saturated rings. The Labute approximate surface area is 238 Å². The highest BCUT2D eigenvalue weighted by Gasteiger charge is 2.60. The Bertz CT molecular complexity index is 1140. The fourth-order valence-corrected chi connectivity index (χ4v) is 10.9. The molecule has 0 amide bonds. The average Bonchev–Trinajstić information content (AvgIpc) is 3.25. The molecule has 4 aliphatic rings. The number of benzene rings is 1. The summed E-state index contributed by atoms with van der Waals surface area (Å²) in [5.41, 5.74) is 2.52. The number of allylic oxidation sites excluding steroid dienone is 1. The molecule has 3 saturated carbocycles. The largest absolute Gasteiger partial charge is 0.395 e. The Morgan fingerprint density at radius 3 is 2.44 bits per heavy atom. The molecule has 8 atom stereocenters. The molecule has 0 aromatic heterocycles. The highest BCUT2D eigenvalue weighted by atomic mass is 32.2. The second-order valence-corrected chi connectivity index (χ2v) is 16.0. The van der Waals surface area contributed by atoms with E-state index in [1.807, 2.05) is 19.1 Å². The van der Waals surface area contributed by atoms with Crippen LogP contribution in [0, 0.1) is 53.3 Å². The Morgan fingerprint density at radius 2 is 1.74 bits per heavy atom. The van der Waals surface area contributed by atoms with Gasteiger partial charge in [-0.25, -0.2) is 0 Å². The van der Waals surface area contributed by atoms with Gasteiger partial charge in [0.15, 0.2) is 0 Å². The van der Waals surface area contributed by atoms with Gasteiger partial charge in [0.2, 0.25) is 0 Å². The molecule has 5 rings (SSSR count). The molecule has 1 N–H and O–H groups in total. The smallest absolute Gasteiger partial charge is 0.297 e. The maximum Gasteiger partial charge on any atom is 0.297 e. The van der Waals surface area contributed by atoms with Gasteiger partial charge in [0.05, 0.1) is 17.6 Å². The monoisotopic (exact) mass is 556 g/mol. The molecule has 1 aromatic carbocycles. The van der Waals surface area contributed by atoms with Crippen LogP contribution in [0.1, 0.15) is 104 Å². The van der Waals surface area contributed by atoms with E-state index >= 15 is 0 Å². The Kier molecular flexibility index (Phi) is 8.46. The van der Waals surface area contributed by atoms with Gasteiger partial charge in [0, 0.05) is 5.41 Å². The quantitative estimate of drug-likeness (QED) is 0.247. The molecule has 218 valence electrons. The fraction of sp³-hybridized carbons (Fsp3) is 0.765. The van der Waals surface area contributed by atoms with Crippen molar-refractivity contribution in [2.75, 3.05) is 6.61 Å². The summed E-state index contributed by atoms with van der Waals surface area (Å²) in [6.07, 6.45) is 14.5. The maximum atomic E-state index is 13.0. The third-order valence-electron chi connectivity index (χ3n) is 11.8. The SMILES string of the molecule is Cc1ccc(S(=O)(=O)OC2CCC3(CO)C(=CCC4C3CCC3(C)C(C(C)CCCC(C)C)CCC43)C2)cc1. The number of hydrogen-bond acceptors (Lipinski definition) is 4. The summed E-state index contributed by atoms with van der Waals surface area (Å²) in [5, 5.41) is 10.9. The van der Waals surface area contributed by atoms with Crippen molar-refractivity contribution in [1.29, 1.82) is 0 Å². The van der Waals surface area contributed by atoms with Crippen LogP contribution in [0.2, 0.25) is 0 Å². The number of fused-ring (bicyclic) bond motifs is 5. The first kappa shape index (κ1) is 29.3. The van der Waals surface area contributed by atoms with Gasteiger partial charge in [0.1, 0.15) is 0 Å². The van der Waals surface area contributed by atoms with E-state index in [9.17, 15) is 13.5 Å². The minimum Gasteiger partial charge on any atom is -0.395 e. The first-order valence-electron chi connectivity index (χ1n) is 15.8. The molecule has 4 aliphatic carbocycles. The zero-order valence-corrected chi connectivity index (χ0v) is 25.8. The first-order valence-corrected chi connectivity index (χ1v) is 17.2. The minimum atomic E-state index is -3.80. The van der Waals surface area contributed by atoms with Crippen LogP contribution in [0.4, 0.5) is 0 Å². The van der Waals surface area contributed by atoms with Crippen LogP contribution in [-0.4, -0.2) is 26.2 Å². The summed E-state index contributed by atoms with van der Waals surface area (Å²) in [4.78, 5) is 0.227. The Balaban J connectivity index is 1.30. The van der Waals surface area contributed by atoms with Crippen molar-refractivity contribution < 1.29 is 17.7 Å². The molecule has 1 aromatic rings. The van der Waals surface area contributed by atoms with Crippen molar-refractivity contribution in [2.24, 2.45) is 46.3 Å². The number of aryl methyl sites for hydroxylation is 1. The van der Waals surface area contributed by atoms with Gasteiger partial charge in [-0.2, -0.15) is 8.42 Å². The standard InChI is InChI=1S/C34H52O4S/c1-23(2)7-6-8-25(4)30-15-16-31-29-14-11-26-21-27(38-39(36,37)28-12-9-24(3)10-13-28)17-20-34(26,22-35)32(29)18-19-33(30,31)5/h9-13,23,25,27,29-32,35H,6-8,14-22H2,1-5H3. The molecule has 0 heterocycles. The number of aliphatic hydroxyl groups is 1. The minimum absolute atomic E-state index is 0.176. The zero-order valence-electron chi connectivity index (χ0n) is 25.0. The molecular formula is C34H52O4S. The van der Waals surface area contributed by atoms with E-state index in [4.69, 9.17) is 4.18 Å². The van der Waals surface area contributed by atoms with Gasteiger partial charge in [-0.05, 0) is 111 Å². The van der Waals surface area contributed by atoms with Crippen LogP contribution in [0.15, 0.2) is 40.8 Å². The number of rotatable bonds is 9. The second kappa shape index (κ2) is 11.2. The van der Waals surface area contributed by atoms with E-state index in [0.29, 0.717) is 30.1 Å². The van der Waals surface area contributed by atoms with E-state index in [1.165, 1.54) is 50.5 Å². The molecule has 4 nitrogen and oxygen atoms in total. The molecule has 5 heteroatoms. The lowest BCUT2D eigenvalue weighted by Crippen LogP contribution is -2.53. The topological polar surface area (TPSA) is 63.6 Å². The maximum absolute atomic E-state index is 13.0. The van der Waals surface area contributed by atoms with Crippen LogP contribution < -0.4 is 0 Å². The highest BCUT2D eigenvalue weighted by molar-refractivity contribution is 7.86. The van der Waals surface area contributed by atoms with Crippen molar-refractivity contribution in [2.45, 2.75) is 116 Å². The molecule has 8 unspecified atom stereocenters. The van der Waals surface area contributed by atoms with Crippen molar-refractivity contribution >= 4 is 10.1 Å². The van der Waals surface area contributed by atoms with E-state index in [-0.39, 0.29) is 23.0 Å². The number of hydrogen-bond donors (Lipinski definition) is 1. The lowest BCUT2D eigenvalue weighted by atomic mass is 9.46. The summed E-state index contributed by atoms with van der Waals surface area (Å²) in [7, 11) is -3.80. The average molecular weight is 557 g/mol. The summed E-state index contributed by atoms with van der Waals surface area (Å²) >= 11 is 0. The second-order valence-electron chi connectivity index (χ2n) is 14.4. The van der Waals surface area contributed by atoms with Crippen molar-refractivity contribution in [3.8, 4) is 0 Å². The lowest BCUT2D eigenvalue weighted by Gasteiger charge is -2.59. The lowest BCUT2D eigenvalue weighted by molar-refractivity contribution is -0.0778. The number of aliphatic hydroxyl groups excluding tert-OH is 1. The van der Waals surface area contributed by atoms with Crippen LogP contribution in [0.25, 0.3) is 0 Å². The fourth-order valence-electron chi connectivity index (χ4n) is 9.76. The third kappa shape index (κ3) is 5.42. The molecule has 0 aliphatic heterocycles. The summed E-state index contributed by atoms with van der Waals surface area (Å²) in [6, 6.07) is 6.90. The molecule has 0 spiro atoms. The summed E-state index contributed by atoms with van der Waals surface area (Å²) in [6.45, 7) is 11.9. The first-order chi connectivity index (χ1) is 18.5. The van der Waals surface area contributed by atoms with Crippen molar-refractivity contribution in [1.82, 2.24) is 0 Å². The predicted molar refractivity (Wildman–Crippen MR) is 158 cm³/mol. The van der Waals surface area contributed by atoms with E-state index < -0.39 is 10.1 Å². The predicted octanol–water partition coefficient (Wildman–Crippen LogP) is 8.08. The van der Waals surface area contributed by atoms with Gasteiger partial charge in [-0.3, -0.25) is 4.18 Å². The van der Waals surface area contributed by atoms with Gasteiger partial charge < -0.3 is 5.11 Å². The van der Waals surface area contributed by atoms with Crippen LogP contribution >= 0.6 is 0 Å². The van der Waals surface area contributed by atoms with E-state index in [1.54, 1.807) is 12.1 Å². The highest BCUT2D eigenvalue weighted by Crippen LogP contribution is 2.67. The van der Waals surface area contributed by atoms with Gasteiger partial charge in [0.25, 0.3) is 10.1 Å². The molecular weight excluding hydrogens is 504 g/mol. The van der Waals surface area contributed by atoms with Crippen LogP contribution in [0.5, 0.6) is 0 Å². The molecule has 0 bridgehead atoms. The zero-order chi connectivity index (χ0) is 28.0. The normalized spacial score (nSPS) is 37.1. The van der Waals surface area contributed by atoms with Crippen LogP contribution in [0.3, 0.4) is 0 Å². The molecule has 0 saturated heterocycles. The van der Waals surface area contributed by atoms with Gasteiger partial charge in [-0.15, -0.1) is 0 Å². The van der Waals surface area contributed by atoms with Crippen molar-refractivity contribution in [3.63, 3.8) is 0 Å².